The first-order chi connectivity index (χ1) is 9.24. The molecule has 1 atom stereocenters. The van der Waals surface area contributed by atoms with E-state index in [4.69, 9.17) is 11.6 Å². The Morgan fingerprint density at radius 2 is 1.74 bits per heavy atom. The predicted molar refractivity (Wildman–Crippen MR) is 75.9 cm³/mol. The monoisotopic (exact) mass is 272 g/mol. The van der Waals surface area contributed by atoms with E-state index in [0.717, 1.165) is 11.3 Å². The zero-order chi connectivity index (χ0) is 13.2. The molecule has 19 heavy (non-hydrogen) atoms. The number of para-hydroxylation sites is 1. The highest BCUT2D eigenvalue weighted by atomic mass is 35.5. The molecule has 0 bridgehead atoms. The van der Waals surface area contributed by atoms with Crippen molar-refractivity contribution >= 4 is 23.2 Å². The van der Waals surface area contributed by atoms with Crippen LogP contribution < -0.4 is 10.4 Å². The molecule has 3 nitrogen and oxygen atoms in total. The molecule has 1 heterocycles. The Morgan fingerprint density at radius 3 is 2.42 bits per heavy atom. The van der Waals surface area contributed by atoms with Crippen molar-refractivity contribution in [3.8, 4) is 0 Å². The molecule has 96 valence electrons. The highest BCUT2D eigenvalue weighted by Gasteiger charge is 2.30. The Bertz CT molecular complexity index is 583. The van der Waals surface area contributed by atoms with Gasteiger partial charge in [0.15, 0.2) is 0 Å². The Balaban J connectivity index is 1.82. The lowest BCUT2D eigenvalue weighted by molar-refractivity contribution is -0.117. The van der Waals surface area contributed by atoms with Crippen molar-refractivity contribution in [2.45, 2.75) is 12.5 Å². The van der Waals surface area contributed by atoms with Gasteiger partial charge in [0.2, 0.25) is 5.91 Å². The van der Waals surface area contributed by atoms with Gasteiger partial charge >= 0.3 is 0 Å². The smallest absolute Gasteiger partial charge is 0.243 e. The van der Waals surface area contributed by atoms with Crippen LogP contribution in [0.2, 0.25) is 5.02 Å². The highest BCUT2D eigenvalue weighted by molar-refractivity contribution is 6.30. The van der Waals surface area contributed by atoms with Gasteiger partial charge in [0.1, 0.15) is 0 Å². The van der Waals surface area contributed by atoms with Gasteiger partial charge in [0.25, 0.3) is 0 Å². The fraction of sp³-hybridized carbons (Fsp3) is 0.133. The summed E-state index contributed by atoms with van der Waals surface area (Å²) in [5.41, 5.74) is 5.16. The molecule has 3 rings (SSSR count). The minimum atomic E-state index is 0.00460. The van der Waals surface area contributed by atoms with Crippen LogP contribution in [0.25, 0.3) is 0 Å². The number of anilines is 1. The first-order valence-electron chi connectivity index (χ1n) is 6.14. The Labute approximate surface area is 116 Å². The molecule has 0 aliphatic carbocycles. The number of hydrogen-bond acceptors (Lipinski definition) is 2. The molecule has 4 heteroatoms. The summed E-state index contributed by atoms with van der Waals surface area (Å²) in [6.45, 7) is 0. The summed E-state index contributed by atoms with van der Waals surface area (Å²) >= 11 is 5.87. The van der Waals surface area contributed by atoms with E-state index < -0.39 is 0 Å². The number of carbonyl (C=O) groups is 1. The number of nitrogens with one attached hydrogen (secondary N) is 1. The van der Waals surface area contributed by atoms with Crippen LogP contribution in [-0.2, 0) is 4.79 Å². The second kappa shape index (κ2) is 5.03. The van der Waals surface area contributed by atoms with Crippen molar-refractivity contribution in [1.29, 1.82) is 0 Å². The maximum Gasteiger partial charge on any atom is 0.243 e. The minimum absolute atomic E-state index is 0.00460. The zero-order valence-corrected chi connectivity index (χ0v) is 11.0. The Hall–Kier alpha value is -1.84. The fourth-order valence-electron chi connectivity index (χ4n) is 2.22. The summed E-state index contributed by atoms with van der Waals surface area (Å²) < 4.78 is 0. The molecule has 0 aromatic heterocycles. The van der Waals surface area contributed by atoms with Gasteiger partial charge in [-0.1, -0.05) is 41.9 Å². The topological polar surface area (TPSA) is 32.3 Å². The van der Waals surface area contributed by atoms with Gasteiger partial charge in [-0.05, 0) is 29.8 Å². The van der Waals surface area contributed by atoms with Crippen LogP contribution >= 0.6 is 11.6 Å². The maximum absolute atomic E-state index is 12.1. The molecular formula is C15H13ClN2O. The molecule has 0 spiro atoms. The number of benzene rings is 2. The summed E-state index contributed by atoms with van der Waals surface area (Å²) in [5, 5.41) is 2.31. The van der Waals surface area contributed by atoms with E-state index in [1.54, 1.807) is 5.01 Å². The Kier molecular flexibility index (Phi) is 3.23. The van der Waals surface area contributed by atoms with E-state index in [-0.39, 0.29) is 11.9 Å². The third-order valence-corrected chi connectivity index (χ3v) is 3.45. The van der Waals surface area contributed by atoms with E-state index in [0.29, 0.717) is 11.4 Å². The second-order valence-corrected chi connectivity index (χ2v) is 4.94. The number of hydrazine groups is 1. The summed E-state index contributed by atoms with van der Waals surface area (Å²) in [4.78, 5) is 12.1. The molecule has 1 fully saturated rings. The van der Waals surface area contributed by atoms with Crippen molar-refractivity contribution < 1.29 is 4.79 Å². The SMILES string of the molecule is O=C1CC(c2ccc(Cl)cc2)NN1c1ccccc1. The molecule has 1 aliphatic rings. The molecule has 1 aliphatic heterocycles. The lowest BCUT2D eigenvalue weighted by Crippen LogP contribution is -2.34. The van der Waals surface area contributed by atoms with Crippen molar-refractivity contribution in [2.75, 3.05) is 5.01 Å². The number of halogens is 1. The number of rotatable bonds is 2. The summed E-state index contributed by atoms with van der Waals surface area (Å²) in [7, 11) is 0. The van der Waals surface area contributed by atoms with Crippen LogP contribution in [0.5, 0.6) is 0 Å². The average Bonchev–Trinajstić information content (AvgIpc) is 2.83. The van der Waals surface area contributed by atoms with Crippen molar-refractivity contribution in [3.05, 3.63) is 65.2 Å². The van der Waals surface area contributed by atoms with Crippen LogP contribution in [0.3, 0.4) is 0 Å². The predicted octanol–water partition coefficient (Wildman–Crippen LogP) is 3.32. The van der Waals surface area contributed by atoms with E-state index in [1.165, 1.54) is 0 Å². The van der Waals surface area contributed by atoms with Gasteiger partial charge in [-0.25, -0.2) is 10.4 Å². The van der Waals surface area contributed by atoms with Gasteiger partial charge in [-0.3, -0.25) is 4.79 Å². The maximum atomic E-state index is 12.1. The molecule has 1 amide bonds. The molecule has 2 aromatic rings. The van der Waals surface area contributed by atoms with Gasteiger partial charge in [0, 0.05) is 11.4 Å². The van der Waals surface area contributed by atoms with Gasteiger partial charge < -0.3 is 0 Å². The molecule has 0 radical (unpaired) electrons. The average molecular weight is 273 g/mol. The van der Waals surface area contributed by atoms with Gasteiger partial charge in [-0.2, -0.15) is 0 Å². The van der Waals surface area contributed by atoms with Crippen LogP contribution in [0.15, 0.2) is 54.6 Å². The fourth-order valence-corrected chi connectivity index (χ4v) is 2.35. The lowest BCUT2D eigenvalue weighted by atomic mass is 10.1. The van der Waals surface area contributed by atoms with Gasteiger partial charge in [-0.15, -0.1) is 0 Å². The summed E-state index contributed by atoms with van der Waals surface area (Å²) in [6, 6.07) is 17.2. The molecule has 1 unspecified atom stereocenters. The van der Waals surface area contributed by atoms with Crippen molar-refractivity contribution in [1.82, 2.24) is 5.43 Å². The summed E-state index contributed by atoms with van der Waals surface area (Å²) in [5.74, 6) is 0.0751. The number of carbonyl (C=O) groups excluding carboxylic acids is 1. The third kappa shape index (κ3) is 2.48. The molecule has 2 aromatic carbocycles. The number of amides is 1. The largest absolute Gasteiger partial charge is 0.273 e. The lowest BCUT2D eigenvalue weighted by Gasteiger charge is -2.18. The van der Waals surface area contributed by atoms with Crippen molar-refractivity contribution in [2.24, 2.45) is 0 Å². The standard InChI is InChI=1S/C15H13ClN2O/c16-12-8-6-11(7-9-12)14-10-15(19)18(17-14)13-4-2-1-3-5-13/h1-9,14,17H,10H2. The van der Waals surface area contributed by atoms with Gasteiger partial charge in [0.05, 0.1) is 11.7 Å². The van der Waals surface area contributed by atoms with Crippen LogP contribution in [0.4, 0.5) is 5.69 Å². The molecule has 1 saturated heterocycles. The van der Waals surface area contributed by atoms with Crippen LogP contribution in [0, 0.1) is 0 Å². The molecule has 1 N–H and O–H groups in total. The van der Waals surface area contributed by atoms with Crippen LogP contribution in [-0.4, -0.2) is 5.91 Å². The van der Waals surface area contributed by atoms with E-state index in [1.807, 2.05) is 54.6 Å². The third-order valence-electron chi connectivity index (χ3n) is 3.20. The summed E-state index contributed by atoms with van der Waals surface area (Å²) in [6.07, 6.45) is 0.455. The number of hydrogen-bond donors (Lipinski definition) is 1. The number of nitrogens with zero attached hydrogens (tertiary/aromatic N) is 1. The van der Waals surface area contributed by atoms with E-state index >= 15 is 0 Å². The van der Waals surface area contributed by atoms with E-state index in [2.05, 4.69) is 5.43 Å². The first kappa shape index (κ1) is 12.2. The zero-order valence-electron chi connectivity index (χ0n) is 10.2. The van der Waals surface area contributed by atoms with E-state index in [9.17, 15) is 4.79 Å². The second-order valence-electron chi connectivity index (χ2n) is 4.50. The highest BCUT2D eigenvalue weighted by Crippen LogP contribution is 2.28. The van der Waals surface area contributed by atoms with Crippen LogP contribution in [0.1, 0.15) is 18.0 Å². The molecule has 0 saturated carbocycles. The molecular weight excluding hydrogens is 260 g/mol. The minimum Gasteiger partial charge on any atom is -0.273 e. The Morgan fingerprint density at radius 1 is 1.05 bits per heavy atom. The normalized spacial score (nSPS) is 18.9. The quantitative estimate of drug-likeness (QED) is 0.910. The van der Waals surface area contributed by atoms with Crippen molar-refractivity contribution in [3.63, 3.8) is 0 Å². The first-order valence-corrected chi connectivity index (χ1v) is 6.51.